The van der Waals surface area contributed by atoms with Gasteiger partial charge in [-0.2, -0.15) is 0 Å². The summed E-state index contributed by atoms with van der Waals surface area (Å²) in [6.45, 7) is 1.99. The van der Waals surface area contributed by atoms with E-state index >= 15 is 0 Å². The summed E-state index contributed by atoms with van der Waals surface area (Å²) in [6.07, 6.45) is 0.772. The summed E-state index contributed by atoms with van der Waals surface area (Å²) in [7, 11) is 3.73. The summed E-state index contributed by atoms with van der Waals surface area (Å²) >= 11 is 0. The van der Waals surface area contributed by atoms with Crippen LogP contribution in [0.2, 0.25) is 0 Å². The zero-order valence-corrected chi connectivity index (χ0v) is 6.26. The monoisotopic (exact) mass is 128 g/mol. The third-order valence-corrected chi connectivity index (χ3v) is 0.842. The largest absolute Gasteiger partial charge is 0.307 e. The summed E-state index contributed by atoms with van der Waals surface area (Å²) in [6, 6.07) is 2.73. The zero-order valence-electron chi connectivity index (χ0n) is 6.26. The Kier molecular flexibility index (Phi) is 3.93. The van der Waals surface area contributed by atoms with Crippen LogP contribution < -0.4 is 5.73 Å². The Morgan fingerprint density at radius 1 is 1.67 bits per heavy atom. The van der Waals surface area contributed by atoms with Crippen LogP contribution in [0.25, 0.3) is 0 Å². The molecule has 0 spiro atoms. The van der Waals surface area contributed by atoms with E-state index in [0.717, 1.165) is 6.42 Å². The van der Waals surface area contributed by atoms with Gasteiger partial charge in [0.1, 0.15) is 0 Å². The molecule has 0 aliphatic rings. The highest BCUT2D eigenvalue weighted by molar-refractivity contribution is 5.34. The molecule has 9 heavy (non-hydrogen) atoms. The first kappa shape index (κ1) is 8.34. The molecule has 1 atom stereocenters. The van der Waals surface area contributed by atoms with Crippen LogP contribution in [0.5, 0.6) is 0 Å². The molecule has 3 heteroatoms. The zero-order chi connectivity index (χ0) is 7.28. The predicted molar refractivity (Wildman–Crippen MR) is 37.8 cm³/mol. The maximum atomic E-state index is 5.47. The normalized spacial score (nSPS) is 12.0. The Bertz CT molecular complexity index is 129. The van der Waals surface area contributed by atoms with Gasteiger partial charge in [-0.25, -0.2) is 4.58 Å². The first-order chi connectivity index (χ1) is 4.16. The average molecular weight is 128 g/mol. The molecule has 0 aromatic heterocycles. The molecule has 2 N–H and O–H groups in total. The van der Waals surface area contributed by atoms with E-state index in [1.165, 1.54) is 0 Å². The van der Waals surface area contributed by atoms with Gasteiger partial charge in [0, 0.05) is 6.42 Å². The summed E-state index contributed by atoms with van der Waals surface area (Å²) < 4.78 is 1.75. The highest BCUT2D eigenvalue weighted by Gasteiger charge is 1.97. The topological polar surface area (TPSA) is 41.4 Å². The van der Waals surface area contributed by atoms with Gasteiger partial charge >= 0.3 is 6.01 Å². The molecule has 0 heterocycles. The Balaban J connectivity index is 3.83. The van der Waals surface area contributed by atoms with E-state index in [0.29, 0.717) is 0 Å². The molecule has 0 aliphatic heterocycles. The number of hydrogen-bond acceptors (Lipinski definition) is 2. The van der Waals surface area contributed by atoms with Crippen molar-refractivity contribution in [2.24, 2.45) is 10.7 Å². The second kappa shape index (κ2) is 4.24. The molecule has 3 nitrogen and oxygen atoms in total. The summed E-state index contributed by atoms with van der Waals surface area (Å²) in [5.41, 5.74) is 5.47. The average Bonchev–Trinajstić information content (AvgIpc) is 1.83. The quantitative estimate of drug-likeness (QED) is 0.417. The van der Waals surface area contributed by atoms with Crippen molar-refractivity contribution in [2.45, 2.75) is 19.5 Å². The van der Waals surface area contributed by atoms with Crippen molar-refractivity contribution in [2.75, 3.05) is 14.1 Å². The van der Waals surface area contributed by atoms with E-state index < -0.39 is 0 Å². The Morgan fingerprint density at radius 3 is 2.56 bits per heavy atom. The molecule has 0 bridgehead atoms. The van der Waals surface area contributed by atoms with E-state index in [2.05, 4.69) is 11.0 Å². The minimum absolute atomic E-state index is 0.0904. The van der Waals surface area contributed by atoms with Crippen LogP contribution in [0.3, 0.4) is 0 Å². The van der Waals surface area contributed by atoms with Gasteiger partial charge in [-0.15, -0.1) is 0 Å². The van der Waals surface area contributed by atoms with E-state index in [9.17, 15) is 0 Å². The lowest BCUT2D eigenvalue weighted by Gasteiger charge is -1.87. The molecule has 52 valence electrons. The minimum atomic E-state index is -0.0904. The number of hydrogen-bond donors (Lipinski definition) is 1. The van der Waals surface area contributed by atoms with Crippen LogP contribution in [0, 0.1) is 0 Å². The third kappa shape index (κ3) is 5.21. The van der Waals surface area contributed by atoms with Gasteiger partial charge in [-0.1, -0.05) is 6.92 Å². The lowest BCUT2D eigenvalue weighted by molar-refractivity contribution is -0.457. The molecule has 0 saturated heterocycles. The molecule has 0 aromatic rings. The highest BCUT2D eigenvalue weighted by Crippen LogP contribution is 1.82. The molecular formula is C6H14N3+. The molecule has 0 saturated carbocycles. The number of nitrogens with zero attached hydrogens (tertiary/aromatic N) is 2. The molecule has 0 fully saturated rings. The Morgan fingerprint density at radius 2 is 2.22 bits per heavy atom. The smallest absolute Gasteiger partial charge is 0.289 e. The molecular weight excluding hydrogens is 114 g/mol. The van der Waals surface area contributed by atoms with Gasteiger partial charge in [-0.3, -0.25) is 5.73 Å². The molecule has 0 aromatic carbocycles. The van der Waals surface area contributed by atoms with Crippen molar-refractivity contribution in [3.63, 3.8) is 0 Å². The lowest BCUT2D eigenvalue weighted by Crippen LogP contribution is -2.15. The van der Waals surface area contributed by atoms with E-state index in [4.69, 9.17) is 5.73 Å². The van der Waals surface area contributed by atoms with Crippen LogP contribution >= 0.6 is 0 Å². The van der Waals surface area contributed by atoms with E-state index in [-0.39, 0.29) is 6.17 Å². The van der Waals surface area contributed by atoms with E-state index in [1.807, 2.05) is 21.0 Å². The van der Waals surface area contributed by atoms with Crippen LogP contribution in [0.1, 0.15) is 13.3 Å². The predicted octanol–water partition coefficient (Wildman–Crippen LogP) is 0.127. The van der Waals surface area contributed by atoms with Crippen molar-refractivity contribution >= 4 is 6.01 Å². The minimum Gasteiger partial charge on any atom is -0.289 e. The number of nitrogens with two attached hydrogens (primary N) is 1. The molecule has 0 amide bonds. The number of aliphatic imine (C=N–C) groups is 1. The third-order valence-electron chi connectivity index (χ3n) is 0.842. The molecule has 0 radical (unpaired) electrons. The molecule has 0 aliphatic carbocycles. The number of rotatable bonds is 2. The van der Waals surface area contributed by atoms with Crippen molar-refractivity contribution in [3.8, 4) is 0 Å². The summed E-state index contributed by atoms with van der Waals surface area (Å²) in [5, 5.41) is 0. The van der Waals surface area contributed by atoms with Crippen molar-refractivity contribution in [1.82, 2.24) is 0 Å². The van der Waals surface area contributed by atoms with Crippen LogP contribution in [-0.4, -0.2) is 30.8 Å². The van der Waals surface area contributed by atoms with Crippen molar-refractivity contribution in [1.29, 1.82) is 0 Å². The van der Waals surface area contributed by atoms with Gasteiger partial charge in [0.05, 0.1) is 14.1 Å². The SMILES string of the molecule is CCC(N)N=C=[N+](C)C. The van der Waals surface area contributed by atoms with Gasteiger partial charge in [0.15, 0.2) is 6.17 Å². The van der Waals surface area contributed by atoms with Crippen LogP contribution in [-0.2, 0) is 0 Å². The van der Waals surface area contributed by atoms with Gasteiger partial charge in [-0.05, 0) is 4.99 Å². The fourth-order valence-corrected chi connectivity index (χ4v) is 0.281. The van der Waals surface area contributed by atoms with Gasteiger partial charge in [0.25, 0.3) is 0 Å². The second-order valence-electron chi connectivity index (χ2n) is 2.10. The van der Waals surface area contributed by atoms with Gasteiger partial charge < -0.3 is 0 Å². The van der Waals surface area contributed by atoms with Crippen molar-refractivity contribution in [3.05, 3.63) is 0 Å². The van der Waals surface area contributed by atoms with Crippen LogP contribution in [0.15, 0.2) is 4.99 Å². The standard InChI is InChI=1S/C6H14N3/c1-4-6(7)8-5-9(2)3/h6H,4,7H2,1-3H3/q+1. The maximum Gasteiger partial charge on any atom is 0.307 e. The first-order valence-corrected chi connectivity index (χ1v) is 3.05. The van der Waals surface area contributed by atoms with Gasteiger partial charge in [0.2, 0.25) is 0 Å². The fraction of sp³-hybridized carbons (Fsp3) is 0.833. The summed E-state index contributed by atoms with van der Waals surface area (Å²) in [5.74, 6) is 0. The summed E-state index contributed by atoms with van der Waals surface area (Å²) in [4.78, 5) is 3.90. The highest BCUT2D eigenvalue weighted by atomic mass is 15.0. The van der Waals surface area contributed by atoms with Crippen molar-refractivity contribution < 1.29 is 4.58 Å². The first-order valence-electron chi connectivity index (χ1n) is 3.05. The second-order valence-corrected chi connectivity index (χ2v) is 2.10. The molecule has 1 unspecified atom stereocenters. The maximum absolute atomic E-state index is 5.47. The van der Waals surface area contributed by atoms with Crippen LogP contribution in [0.4, 0.5) is 0 Å². The van der Waals surface area contributed by atoms with E-state index in [1.54, 1.807) is 4.58 Å². The fourth-order valence-electron chi connectivity index (χ4n) is 0.281. The Labute approximate surface area is 55.9 Å². The molecule has 0 rings (SSSR count). The lowest BCUT2D eigenvalue weighted by atomic mass is 10.4. The Hall–Kier alpha value is -0.660.